The molecule has 0 aliphatic rings. The summed E-state index contributed by atoms with van der Waals surface area (Å²) < 4.78 is 5.14. The second-order valence-corrected chi connectivity index (χ2v) is 6.30. The summed E-state index contributed by atoms with van der Waals surface area (Å²) in [6, 6.07) is 8.56. The third kappa shape index (κ3) is 5.58. The smallest absolute Gasteiger partial charge is 0.224 e. The lowest BCUT2D eigenvalue weighted by Gasteiger charge is -2.12. The molecule has 0 spiro atoms. The monoisotopic (exact) mass is 368 g/mol. The molecule has 1 heterocycles. The number of rotatable bonds is 7. The standard InChI is InChI=1S/C17H18Cl2N2O3/c1-11(8-15(22)20-10-12-4-3-7-24-12)9-16(23)21-14-6-2-5-13(18)17(14)19/h2-7,11H,8-10H2,1H3,(H,20,22)(H,21,23)/t11-/m0/s1. The number of benzene rings is 1. The van der Waals surface area contributed by atoms with Crippen molar-refractivity contribution in [2.75, 3.05) is 5.32 Å². The molecule has 2 aromatic rings. The van der Waals surface area contributed by atoms with Crippen molar-refractivity contribution >= 4 is 40.7 Å². The van der Waals surface area contributed by atoms with Gasteiger partial charge in [-0.05, 0) is 30.2 Å². The Morgan fingerprint density at radius 1 is 1.12 bits per heavy atom. The molecule has 2 amide bonds. The number of carbonyl (C=O) groups is 2. The van der Waals surface area contributed by atoms with Gasteiger partial charge < -0.3 is 15.1 Å². The lowest BCUT2D eigenvalue weighted by atomic mass is 10.0. The molecule has 7 heteroatoms. The van der Waals surface area contributed by atoms with Crippen LogP contribution in [0.3, 0.4) is 0 Å². The third-order valence-electron chi connectivity index (χ3n) is 3.33. The maximum Gasteiger partial charge on any atom is 0.224 e. The maximum atomic E-state index is 12.1. The van der Waals surface area contributed by atoms with E-state index in [2.05, 4.69) is 10.6 Å². The Labute approximate surface area is 150 Å². The van der Waals surface area contributed by atoms with Crippen molar-refractivity contribution in [3.05, 3.63) is 52.4 Å². The Bertz CT molecular complexity index is 702. The third-order valence-corrected chi connectivity index (χ3v) is 4.15. The van der Waals surface area contributed by atoms with E-state index in [-0.39, 0.29) is 30.6 Å². The minimum atomic E-state index is -0.217. The van der Waals surface area contributed by atoms with E-state index in [9.17, 15) is 9.59 Å². The number of halogens is 2. The fourth-order valence-corrected chi connectivity index (χ4v) is 2.53. The molecule has 0 unspecified atom stereocenters. The molecule has 5 nitrogen and oxygen atoms in total. The summed E-state index contributed by atoms with van der Waals surface area (Å²) >= 11 is 11.9. The van der Waals surface area contributed by atoms with Gasteiger partial charge in [-0.25, -0.2) is 0 Å². The first-order valence-corrected chi connectivity index (χ1v) is 8.24. The van der Waals surface area contributed by atoms with Gasteiger partial charge in [0.15, 0.2) is 0 Å². The summed E-state index contributed by atoms with van der Waals surface area (Å²) in [6.07, 6.45) is 2.00. The van der Waals surface area contributed by atoms with Gasteiger partial charge in [0.25, 0.3) is 0 Å². The Hall–Kier alpha value is -1.98. The number of hydrogen-bond donors (Lipinski definition) is 2. The van der Waals surface area contributed by atoms with Crippen molar-refractivity contribution < 1.29 is 14.0 Å². The topological polar surface area (TPSA) is 71.3 Å². The number of nitrogens with one attached hydrogen (secondary N) is 2. The highest BCUT2D eigenvalue weighted by Gasteiger charge is 2.15. The predicted molar refractivity (Wildman–Crippen MR) is 94.0 cm³/mol. The SMILES string of the molecule is C[C@@H](CC(=O)NCc1ccco1)CC(=O)Nc1cccc(Cl)c1Cl. The number of anilines is 1. The molecule has 1 atom stereocenters. The van der Waals surface area contributed by atoms with Crippen LogP contribution in [0.2, 0.25) is 10.0 Å². The van der Waals surface area contributed by atoms with Crippen LogP contribution in [-0.4, -0.2) is 11.8 Å². The van der Waals surface area contributed by atoms with Crippen LogP contribution in [-0.2, 0) is 16.1 Å². The van der Waals surface area contributed by atoms with E-state index < -0.39 is 0 Å². The highest BCUT2D eigenvalue weighted by molar-refractivity contribution is 6.43. The molecular formula is C17H18Cl2N2O3. The summed E-state index contributed by atoms with van der Waals surface area (Å²) in [4.78, 5) is 23.9. The van der Waals surface area contributed by atoms with Gasteiger partial charge in [0.1, 0.15) is 5.76 Å². The summed E-state index contributed by atoms with van der Waals surface area (Å²) in [7, 11) is 0. The summed E-state index contributed by atoms with van der Waals surface area (Å²) in [5, 5.41) is 6.14. The van der Waals surface area contributed by atoms with E-state index in [1.54, 1.807) is 36.6 Å². The number of amides is 2. The van der Waals surface area contributed by atoms with E-state index in [4.69, 9.17) is 27.6 Å². The maximum absolute atomic E-state index is 12.1. The zero-order valence-electron chi connectivity index (χ0n) is 13.1. The van der Waals surface area contributed by atoms with E-state index in [1.807, 2.05) is 6.92 Å². The first-order chi connectivity index (χ1) is 11.5. The van der Waals surface area contributed by atoms with E-state index in [0.29, 0.717) is 28.0 Å². The highest BCUT2D eigenvalue weighted by Crippen LogP contribution is 2.29. The molecule has 2 N–H and O–H groups in total. The predicted octanol–water partition coefficient (Wildman–Crippen LogP) is 4.26. The molecule has 1 aromatic heterocycles. The Morgan fingerprint density at radius 3 is 2.58 bits per heavy atom. The molecule has 128 valence electrons. The molecule has 24 heavy (non-hydrogen) atoms. The van der Waals surface area contributed by atoms with Crippen molar-refractivity contribution in [2.24, 2.45) is 5.92 Å². The van der Waals surface area contributed by atoms with Crippen molar-refractivity contribution in [3.8, 4) is 0 Å². The van der Waals surface area contributed by atoms with Gasteiger partial charge in [-0.1, -0.05) is 36.2 Å². The first-order valence-electron chi connectivity index (χ1n) is 7.48. The van der Waals surface area contributed by atoms with Crippen LogP contribution < -0.4 is 10.6 Å². The van der Waals surface area contributed by atoms with Crippen LogP contribution in [0, 0.1) is 5.92 Å². The fourth-order valence-electron chi connectivity index (χ4n) is 2.18. The molecule has 0 saturated carbocycles. The van der Waals surface area contributed by atoms with E-state index >= 15 is 0 Å². The fraction of sp³-hybridized carbons (Fsp3) is 0.294. The zero-order valence-corrected chi connectivity index (χ0v) is 14.7. The quantitative estimate of drug-likeness (QED) is 0.766. The largest absolute Gasteiger partial charge is 0.467 e. The Morgan fingerprint density at radius 2 is 1.88 bits per heavy atom. The first kappa shape index (κ1) is 18.4. The molecule has 0 saturated heterocycles. The minimum absolute atomic E-state index is 0.112. The van der Waals surface area contributed by atoms with Gasteiger partial charge in [-0.3, -0.25) is 9.59 Å². The van der Waals surface area contributed by atoms with Gasteiger partial charge in [-0.15, -0.1) is 0 Å². The van der Waals surface area contributed by atoms with Crippen LogP contribution in [0.15, 0.2) is 41.0 Å². The molecule has 0 radical (unpaired) electrons. The van der Waals surface area contributed by atoms with Gasteiger partial charge in [0.05, 0.1) is 28.5 Å². The van der Waals surface area contributed by atoms with Crippen molar-refractivity contribution in [3.63, 3.8) is 0 Å². The second kappa shape index (κ2) is 8.76. The molecule has 0 aliphatic heterocycles. The Balaban J connectivity index is 1.76. The zero-order chi connectivity index (χ0) is 17.5. The summed E-state index contributed by atoms with van der Waals surface area (Å²) in [5.74, 6) is 0.224. The molecule has 0 fully saturated rings. The average molecular weight is 369 g/mol. The highest BCUT2D eigenvalue weighted by atomic mass is 35.5. The van der Waals surface area contributed by atoms with Crippen molar-refractivity contribution in [1.29, 1.82) is 0 Å². The molecule has 2 rings (SSSR count). The molecule has 0 bridgehead atoms. The molecule has 1 aromatic carbocycles. The van der Waals surface area contributed by atoms with Gasteiger partial charge >= 0.3 is 0 Å². The lowest BCUT2D eigenvalue weighted by Crippen LogP contribution is -2.26. The number of carbonyl (C=O) groups excluding carboxylic acids is 2. The number of furan rings is 1. The molecule has 0 aliphatic carbocycles. The Kier molecular flexibility index (Phi) is 6.70. The lowest BCUT2D eigenvalue weighted by molar-refractivity contribution is -0.122. The normalized spacial score (nSPS) is 11.8. The number of hydrogen-bond acceptors (Lipinski definition) is 3. The average Bonchev–Trinajstić information content (AvgIpc) is 3.03. The van der Waals surface area contributed by atoms with Crippen LogP contribution in [0.1, 0.15) is 25.5 Å². The summed E-state index contributed by atoms with van der Waals surface area (Å²) in [6.45, 7) is 2.18. The molecular weight excluding hydrogens is 351 g/mol. The van der Waals surface area contributed by atoms with Gasteiger partial charge in [0, 0.05) is 12.8 Å². The van der Waals surface area contributed by atoms with Crippen LogP contribution in [0.4, 0.5) is 5.69 Å². The van der Waals surface area contributed by atoms with E-state index in [0.717, 1.165) is 0 Å². The second-order valence-electron chi connectivity index (χ2n) is 5.52. The van der Waals surface area contributed by atoms with E-state index in [1.165, 1.54) is 0 Å². The van der Waals surface area contributed by atoms with Crippen LogP contribution in [0.5, 0.6) is 0 Å². The van der Waals surface area contributed by atoms with Crippen molar-refractivity contribution in [1.82, 2.24) is 5.32 Å². The van der Waals surface area contributed by atoms with Crippen molar-refractivity contribution in [2.45, 2.75) is 26.3 Å². The van der Waals surface area contributed by atoms with Gasteiger partial charge in [-0.2, -0.15) is 0 Å². The minimum Gasteiger partial charge on any atom is -0.467 e. The van der Waals surface area contributed by atoms with Crippen LogP contribution >= 0.6 is 23.2 Å². The van der Waals surface area contributed by atoms with Crippen LogP contribution in [0.25, 0.3) is 0 Å². The summed E-state index contributed by atoms with van der Waals surface area (Å²) in [5.41, 5.74) is 0.462. The van der Waals surface area contributed by atoms with Gasteiger partial charge in [0.2, 0.25) is 11.8 Å².